The Hall–Kier alpha value is -1.37. The van der Waals surface area contributed by atoms with E-state index in [0.29, 0.717) is 12.9 Å². The number of nitriles is 1. The fraction of sp³-hybridized carbons (Fsp3) is 0.667. The molecule has 0 aromatic rings. The lowest BCUT2D eigenvalue weighted by molar-refractivity contribution is -0.102. The number of rotatable bonds is 7. The molecule has 0 unspecified atom stereocenters. The third-order valence-corrected chi connectivity index (χ3v) is 1.48. The van der Waals surface area contributed by atoms with Crippen molar-refractivity contribution >= 4 is 12.0 Å². The van der Waals surface area contributed by atoms with E-state index in [1.165, 1.54) is 12.8 Å². The summed E-state index contributed by atoms with van der Waals surface area (Å²) < 4.78 is 0. The van der Waals surface area contributed by atoms with Crippen LogP contribution in [-0.2, 0) is 9.63 Å². The summed E-state index contributed by atoms with van der Waals surface area (Å²) in [4.78, 5) is 14.8. The van der Waals surface area contributed by atoms with E-state index in [1.54, 1.807) is 6.07 Å². The molecule has 0 aromatic heterocycles. The number of oxime groups is 1. The molecule has 0 radical (unpaired) electrons. The fourth-order valence-corrected chi connectivity index (χ4v) is 0.777. The smallest absolute Gasteiger partial charge is 0.219 e. The molecular formula is C9H14N2O2. The van der Waals surface area contributed by atoms with E-state index in [-0.39, 0.29) is 5.71 Å². The topological polar surface area (TPSA) is 62.4 Å². The van der Waals surface area contributed by atoms with Crippen LogP contribution in [0.3, 0.4) is 0 Å². The molecule has 0 saturated carbocycles. The second-order valence-corrected chi connectivity index (χ2v) is 2.60. The van der Waals surface area contributed by atoms with E-state index in [0.717, 1.165) is 12.8 Å². The van der Waals surface area contributed by atoms with Crippen molar-refractivity contribution in [1.29, 1.82) is 5.26 Å². The molecule has 0 saturated heterocycles. The van der Waals surface area contributed by atoms with Gasteiger partial charge in [-0.15, -0.1) is 0 Å². The van der Waals surface area contributed by atoms with Crippen LogP contribution in [0.15, 0.2) is 5.16 Å². The average Bonchev–Trinajstić information content (AvgIpc) is 2.17. The van der Waals surface area contributed by atoms with Crippen LogP contribution < -0.4 is 0 Å². The van der Waals surface area contributed by atoms with Crippen LogP contribution in [0.25, 0.3) is 0 Å². The summed E-state index contributed by atoms with van der Waals surface area (Å²) in [5, 5.41) is 11.6. The minimum Gasteiger partial charge on any atom is -0.395 e. The first-order valence-electron chi connectivity index (χ1n) is 4.40. The van der Waals surface area contributed by atoms with Gasteiger partial charge in [-0.25, -0.2) is 0 Å². The van der Waals surface area contributed by atoms with Gasteiger partial charge < -0.3 is 4.84 Å². The van der Waals surface area contributed by atoms with Gasteiger partial charge in [0, 0.05) is 0 Å². The summed E-state index contributed by atoms with van der Waals surface area (Å²) in [5.74, 6) is 0. The largest absolute Gasteiger partial charge is 0.395 e. The molecule has 0 aromatic carbocycles. The van der Waals surface area contributed by atoms with E-state index in [9.17, 15) is 4.79 Å². The van der Waals surface area contributed by atoms with Crippen molar-refractivity contribution < 1.29 is 9.63 Å². The second-order valence-electron chi connectivity index (χ2n) is 2.60. The molecule has 0 heterocycles. The van der Waals surface area contributed by atoms with Crippen LogP contribution in [0.5, 0.6) is 0 Å². The number of unbranched alkanes of at least 4 members (excludes halogenated alkanes) is 3. The van der Waals surface area contributed by atoms with E-state index in [4.69, 9.17) is 10.1 Å². The summed E-state index contributed by atoms with van der Waals surface area (Å²) in [6, 6.07) is 1.61. The first kappa shape index (κ1) is 11.6. The molecule has 0 bridgehead atoms. The van der Waals surface area contributed by atoms with Gasteiger partial charge in [0.2, 0.25) is 5.71 Å². The van der Waals surface area contributed by atoms with Crippen LogP contribution in [0.1, 0.15) is 32.6 Å². The number of carbonyl (C=O) groups excluding carboxylic acids is 1. The van der Waals surface area contributed by atoms with Crippen molar-refractivity contribution in [3.63, 3.8) is 0 Å². The zero-order valence-corrected chi connectivity index (χ0v) is 7.82. The maximum Gasteiger partial charge on any atom is 0.219 e. The lowest BCUT2D eigenvalue weighted by atomic mass is 10.2. The van der Waals surface area contributed by atoms with Crippen molar-refractivity contribution in [3.8, 4) is 6.07 Å². The lowest BCUT2D eigenvalue weighted by Crippen LogP contribution is -1.97. The zero-order valence-electron chi connectivity index (χ0n) is 7.82. The van der Waals surface area contributed by atoms with E-state index in [2.05, 4.69) is 12.1 Å². The minimum absolute atomic E-state index is 0.213. The first-order valence-corrected chi connectivity index (χ1v) is 4.40. The van der Waals surface area contributed by atoms with Crippen molar-refractivity contribution in [3.05, 3.63) is 0 Å². The molecule has 0 atom stereocenters. The highest BCUT2D eigenvalue weighted by molar-refractivity contribution is 6.35. The van der Waals surface area contributed by atoms with Crippen molar-refractivity contribution in [2.45, 2.75) is 32.6 Å². The predicted molar refractivity (Wildman–Crippen MR) is 49.2 cm³/mol. The van der Waals surface area contributed by atoms with Crippen LogP contribution in [0.2, 0.25) is 0 Å². The normalized spacial score (nSPS) is 10.6. The van der Waals surface area contributed by atoms with E-state index < -0.39 is 0 Å². The molecule has 0 rings (SSSR count). The van der Waals surface area contributed by atoms with Gasteiger partial charge in [-0.1, -0.05) is 24.9 Å². The Labute approximate surface area is 78.2 Å². The molecule has 0 aliphatic heterocycles. The Morgan fingerprint density at radius 3 is 2.85 bits per heavy atom. The van der Waals surface area contributed by atoms with Gasteiger partial charge in [0.15, 0.2) is 6.29 Å². The number of nitrogens with zero attached hydrogens (tertiary/aromatic N) is 2. The number of hydrogen-bond donors (Lipinski definition) is 0. The molecular weight excluding hydrogens is 168 g/mol. The lowest BCUT2D eigenvalue weighted by Gasteiger charge is -1.97. The number of carbonyl (C=O) groups is 1. The van der Waals surface area contributed by atoms with Crippen LogP contribution in [0, 0.1) is 11.3 Å². The standard InChI is InChI=1S/C9H14N2O2/c1-2-3-4-5-6-13-11-9(7-10)8-12/h8H,2-6H2,1H3. The third kappa shape index (κ3) is 7.01. The highest BCUT2D eigenvalue weighted by Crippen LogP contribution is 1.98. The maximum absolute atomic E-state index is 10.1. The van der Waals surface area contributed by atoms with E-state index >= 15 is 0 Å². The van der Waals surface area contributed by atoms with Gasteiger partial charge in [0.25, 0.3) is 0 Å². The van der Waals surface area contributed by atoms with E-state index in [1.807, 2.05) is 0 Å². The molecule has 0 aliphatic rings. The molecule has 0 fully saturated rings. The van der Waals surface area contributed by atoms with Crippen molar-refractivity contribution in [2.75, 3.05) is 6.61 Å². The summed E-state index contributed by atoms with van der Waals surface area (Å²) in [6.45, 7) is 2.60. The number of hydrogen-bond acceptors (Lipinski definition) is 4. The number of aldehydes is 1. The quantitative estimate of drug-likeness (QED) is 0.260. The van der Waals surface area contributed by atoms with Gasteiger partial charge in [-0.05, 0) is 12.8 Å². The van der Waals surface area contributed by atoms with Crippen molar-refractivity contribution in [1.82, 2.24) is 0 Å². The summed E-state index contributed by atoms with van der Waals surface area (Å²) in [6.07, 6.45) is 4.73. The van der Waals surface area contributed by atoms with Gasteiger partial charge in [0.05, 0.1) is 0 Å². The average molecular weight is 182 g/mol. The maximum atomic E-state index is 10.1. The van der Waals surface area contributed by atoms with Crippen molar-refractivity contribution in [2.24, 2.45) is 5.16 Å². The van der Waals surface area contributed by atoms with Gasteiger partial charge in [-0.3, -0.25) is 4.79 Å². The molecule has 0 N–H and O–H groups in total. The Bertz CT molecular complexity index is 206. The highest BCUT2D eigenvalue weighted by Gasteiger charge is 1.93. The molecule has 0 spiro atoms. The van der Waals surface area contributed by atoms with Crippen LogP contribution >= 0.6 is 0 Å². The Morgan fingerprint density at radius 1 is 1.54 bits per heavy atom. The van der Waals surface area contributed by atoms with Crippen LogP contribution in [-0.4, -0.2) is 18.6 Å². The Kier molecular flexibility index (Phi) is 7.80. The molecule has 0 amide bonds. The Balaban J connectivity index is 3.39. The summed E-state index contributed by atoms with van der Waals surface area (Å²) in [7, 11) is 0. The SMILES string of the molecule is CCCCCCON=C(C#N)C=O. The zero-order chi connectivity index (χ0) is 9.94. The summed E-state index contributed by atoms with van der Waals surface area (Å²) in [5.41, 5.74) is -0.213. The van der Waals surface area contributed by atoms with Crippen LogP contribution in [0.4, 0.5) is 0 Å². The summed E-state index contributed by atoms with van der Waals surface area (Å²) >= 11 is 0. The van der Waals surface area contributed by atoms with Gasteiger partial charge in [0.1, 0.15) is 12.7 Å². The monoisotopic (exact) mass is 182 g/mol. The molecule has 13 heavy (non-hydrogen) atoms. The molecule has 4 heteroatoms. The van der Waals surface area contributed by atoms with Gasteiger partial charge >= 0.3 is 0 Å². The minimum atomic E-state index is -0.213. The molecule has 4 nitrogen and oxygen atoms in total. The fourth-order valence-electron chi connectivity index (χ4n) is 0.777. The van der Waals surface area contributed by atoms with Gasteiger partial charge in [-0.2, -0.15) is 5.26 Å². The molecule has 72 valence electrons. The highest BCUT2D eigenvalue weighted by atomic mass is 16.6. The predicted octanol–water partition coefficient (Wildman–Crippen LogP) is 1.66. The third-order valence-electron chi connectivity index (χ3n) is 1.48. The second kappa shape index (κ2) is 8.72. The first-order chi connectivity index (χ1) is 6.35. The molecule has 0 aliphatic carbocycles. The Morgan fingerprint density at radius 2 is 2.31 bits per heavy atom.